The maximum atomic E-state index is 9.20. The molecule has 5 N–H and O–H groups in total. The van der Waals surface area contributed by atoms with E-state index in [9.17, 15) is 5.11 Å². The van der Waals surface area contributed by atoms with Crippen LogP contribution in [-0.2, 0) is 0 Å². The van der Waals surface area contributed by atoms with Crippen LogP contribution in [0, 0.1) is 0 Å². The molecule has 0 fully saturated rings. The Hall–Kier alpha value is 0.390. The van der Waals surface area contributed by atoms with Crippen molar-refractivity contribution in [3.63, 3.8) is 0 Å². The molecule has 8 heteroatoms. The van der Waals surface area contributed by atoms with Gasteiger partial charge in [-0.2, -0.15) is 0 Å². The molecule has 14 heavy (non-hydrogen) atoms. The Morgan fingerprint density at radius 2 is 0.786 bits per heavy atom. The molecule has 0 saturated carbocycles. The number of rotatable bonds is 0. The summed E-state index contributed by atoms with van der Waals surface area (Å²) < 4.78 is 0. The molecular weight excluding hydrogens is 297 g/mol. The van der Waals surface area contributed by atoms with E-state index in [1.807, 2.05) is 0 Å². The topological polar surface area (TPSA) is 83.2 Å². The van der Waals surface area contributed by atoms with Gasteiger partial charge in [-0.05, 0) is 0 Å². The maximum absolute atomic E-state index is 9.20. The van der Waals surface area contributed by atoms with Gasteiger partial charge in [0, 0.05) is 0 Å². The van der Waals surface area contributed by atoms with E-state index in [0.29, 0.717) is 0 Å². The van der Waals surface area contributed by atoms with Gasteiger partial charge in [0.2, 0.25) is 0 Å². The van der Waals surface area contributed by atoms with Gasteiger partial charge in [-0.3, -0.25) is 0 Å². The Bertz CT molecular complexity index is 236. The van der Waals surface area contributed by atoms with E-state index in [2.05, 4.69) is 0 Å². The Labute approximate surface area is 105 Å². The largest absolute Gasteiger partial charge is 0.505 e. The van der Waals surface area contributed by atoms with Gasteiger partial charge in [0.1, 0.15) is 10.0 Å². The molecule has 1 rings (SSSR count). The van der Waals surface area contributed by atoms with Gasteiger partial charge in [-0.1, -0.05) is 58.0 Å². The highest BCUT2D eigenvalue weighted by Crippen LogP contribution is 2.47. The second kappa shape index (κ2) is 6.08. The predicted octanol–water partition coefficient (Wildman–Crippen LogP) is 3.01. The van der Waals surface area contributed by atoms with Gasteiger partial charge < -0.3 is 16.1 Å². The molecule has 82 valence electrons. The molecule has 0 heterocycles. The summed E-state index contributed by atoms with van der Waals surface area (Å²) in [5, 5.41) is 9.01. The van der Waals surface area contributed by atoms with E-state index in [4.69, 9.17) is 58.0 Å². The molecule has 1 aromatic rings. The van der Waals surface area contributed by atoms with Crippen LogP contribution in [-0.4, -0.2) is 16.1 Å². The van der Waals surface area contributed by atoms with Crippen LogP contribution in [0.15, 0.2) is 0 Å². The van der Waals surface area contributed by atoms with Crippen molar-refractivity contribution in [3.05, 3.63) is 25.1 Å². The van der Waals surface area contributed by atoms with Gasteiger partial charge in [-0.25, -0.2) is 0 Å². The lowest BCUT2D eigenvalue weighted by Gasteiger charge is -2.06. The second-order valence-electron chi connectivity index (χ2n) is 1.92. The highest BCUT2D eigenvalue weighted by atomic mass is 35.5. The smallest absolute Gasteiger partial charge is 0.155 e. The molecular formula is C6H5Cl5O3. The zero-order valence-electron chi connectivity index (χ0n) is 6.34. The first-order valence-corrected chi connectivity index (χ1v) is 4.56. The minimum Gasteiger partial charge on any atom is -0.505 e. The average molecular weight is 302 g/mol. The van der Waals surface area contributed by atoms with Crippen LogP contribution in [0.4, 0.5) is 0 Å². The van der Waals surface area contributed by atoms with Crippen molar-refractivity contribution in [2.24, 2.45) is 0 Å². The third kappa shape index (κ3) is 2.70. The highest BCUT2D eigenvalue weighted by molar-refractivity contribution is 6.55. The molecule has 0 bridgehead atoms. The van der Waals surface area contributed by atoms with Gasteiger partial charge in [0.25, 0.3) is 0 Å². The van der Waals surface area contributed by atoms with Crippen molar-refractivity contribution in [1.29, 1.82) is 0 Å². The van der Waals surface area contributed by atoms with E-state index in [1.165, 1.54) is 0 Å². The fourth-order valence-electron chi connectivity index (χ4n) is 0.593. The predicted molar refractivity (Wildman–Crippen MR) is 60.4 cm³/mol. The summed E-state index contributed by atoms with van der Waals surface area (Å²) in [7, 11) is 0. The van der Waals surface area contributed by atoms with Crippen LogP contribution in [0.1, 0.15) is 0 Å². The van der Waals surface area contributed by atoms with Crippen LogP contribution in [0.3, 0.4) is 0 Å². The second-order valence-corrected chi connectivity index (χ2v) is 3.81. The van der Waals surface area contributed by atoms with Crippen LogP contribution in [0.5, 0.6) is 5.75 Å². The summed E-state index contributed by atoms with van der Waals surface area (Å²) in [6.07, 6.45) is 0. The zero-order valence-corrected chi connectivity index (χ0v) is 10.1. The maximum Gasteiger partial charge on any atom is 0.155 e. The number of phenols is 1. The van der Waals surface area contributed by atoms with Crippen LogP contribution < -0.4 is 0 Å². The molecule has 0 radical (unpaired) electrons. The fourth-order valence-corrected chi connectivity index (χ4v) is 1.72. The van der Waals surface area contributed by atoms with E-state index >= 15 is 0 Å². The van der Waals surface area contributed by atoms with E-state index < -0.39 is 0 Å². The van der Waals surface area contributed by atoms with Crippen molar-refractivity contribution in [3.8, 4) is 5.75 Å². The number of halogens is 5. The molecule has 0 unspecified atom stereocenters. The van der Waals surface area contributed by atoms with Gasteiger partial charge in [0.15, 0.2) is 5.75 Å². The SMILES string of the molecule is O.O.Oc1c(Cl)c(Cl)c(Cl)c(Cl)c1Cl. The number of hydrogen-bond donors (Lipinski definition) is 1. The molecule has 0 aliphatic carbocycles. The normalized spacial score (nSPS) is 8.93. The first-order valence-electron chi connectivity index (χ1n) is 2.67. The molecule has 1 aromatic carbocycles. The van der Waals surface area contributed by atoms with Crippen LogP contribution in [0.2, 0.25) is 25.1 Å². The minimum atomic E-state index is -0.363. The monoisotopic (exact) mass is 300 g/mol. The summed E-state index contributed by atoms with van der Waals surface area (Å²) in [6.45, 7) is 0. The third-order valence-electron chi connectivity index (χ3n) is 1.19. The number of aromatic hydroxyl groups is 1. The highest BCUT2D eigenvalue weighted by Gasteiger charge is 2.17. The Balaban J connectivity index is 0. The quantitative estimate of drug-likeness (QED) is 0.580. The van der Waals surface area contributed by atoms with E-state index in [-0.39, 0.29) is 41.8 Å². The summed E-state index contributed by atoms with van der Waals surface area (Å²) >= 11 is 27.9. The Morgan fingerprint density at radius 3 is 1.07 bits per heavy atom. The first-order chi connectivity index (χ1) is 5.46. The summed E-state index contributed by atoms with van der Waals surface area (Å²) in [6, 6.07) is 0. The standard InChI is InChI=1S/C6HCl5O.2H2O/c7-1-2(8)4(10)6(12)5(11)3(1)9;;/h12H;2*1H2. The van der Waals surface area contributed by atoms with Gasteiger partial charge in [-0.15, -0.1) is 0 Å². The van der Waals surface area contributed by atoms with Gasteiger partial charge in [0.05, 0.1) is 15.1 Å². The number of hydrogen-bond acceptors (Lipinski definition) is 1. The van der Waals surface area contributed by atoms with Crippen molar-refractivity contribution in [1.82, 2.24) is 0 Å². The third-order valence-corrected chi connectivity index (χ3v) is 3.44. The average Bonchev–Trinajstić information content (AvgIpc) is 2.08. The van der Waals surface area contributed by atoms with E-state index in [1.54, 1.807) is 0 Å². The summed E-state index contributed by atoms with van der Waals surface area (Å²) in [5.74, 6) is -0.363. The number of phenolic OH excluding ortho intramolecular Hbond substituents is 1. The molecule has 0 spiro atoms. The van der Waals surface area contributed by atoms with Gasteiger partial charge >= 0.3 is 0 Å². The van der Waals surface area contributed by atoms with Crippen molar-refractivity contribution in [2.75, 3.05) is 0 Å². The van der Waals surface area contributed by atoms with E-state index in [0.717, 1.165) is 0 Å². The van der Waals surface area contributed by atoms with Crippen molar-refractivity contribution in [2.45, 2.75) is 0 Å². The first kappa shape index (κ1) is 16.8. The Kier molecular flexibility index (Phi) is 7.30. The molecule has 0 amide bonds. The molecule has 0 aliphatic heterocycles. The molecule has 3 nitrogen and oxygen atoms in total. The Morgan fingerprint density at radius 1 is 0.571 bits per heavy atom. The van der Waals surface area contributed by atoms with Crippen molar-refractivity contribution < 1.29 is 16.1 Å². The fraction of sp³-hybridized carbons (Fsp3) is 0. The lowest BCUT2D eigenvalue weighted by atomic mass is 10.3. The lowest BCUT2D eigenvalue weighted by molar-refractivity contribution is 0.476. The van der Waals surface area contributed by atoms with Crippen LogP contribution in [0.25, 0.3) is 0 Å². The zero-order chi connectivity index (χ0) is 9.46. The molecule has 0 aliphatic rings. The van der Waals surface area contributed by atoms with Crippen LogP contribution >= 0.6 is 58.0 Å². The summed E-state index contributed by atoms with van der Waals surface area (Å²) in [5.41, 5.74) is 0. The molecule has 0 aromatic heterocycles. The molecule has 0 atom stereocenters. The summed E-state index contributed by atoms with van der Waals surface area (Å²) in [4.78, 5) is 0. The molecule has 0 saturated heterocycles. The van der Waals surface area contributed by atoms with Crippen molar-refractivity contribution >= 4 is 58.0 Å². The minimum absolute atomic E-state index is 0. The number of benzene rings is 1. The lowest BCUT2D eigenvalue weighted by Crippen LogP contribution is -1.78.